The molecule has 2 N–H and O–H groups in total. The summed E-state index contributed by atoms with van der Waals surface area (Å²) in [5.74, 6) is 2.33. The molecule has 0 amide bonds. The summed E-state index contributed by atoms with van der Waals surface area (Å²) in [5.41, 5.74) is 0. The molecule has 0 spiro atoms. The van der Waals surface area contributed by atoms with Crippen molar-refractivity contribution in [1.82, 2.24) is 10.2 Å². The lowest BCUT2D eigenvalue weighted by atomic mass is 9.72. The van der Waals surface area contributed by atoms with E-state index in [1.54, 1.807) is 0 Å². The molecule has 3 heteroatoms. The highest BCUT2D eigenvalue weighted by Gasteiger charge is 2.36. The molecular weight excluding hydrogens is 248 g/mol. The van der Waals surface area contributed by atoms with Gasteiger partial charge < -0.3 is 15.3 Å². The second-order valence-corrected chi connectivity index (χ2v) is 7.47. The minimum atomic E-state index is -0.111. The average Bonchev–Trinajstić information content (AvgIpc) is 2.41. The Bertz CT molecular complexity index is 297. The van der Waals surface area contributed by atoms with E-state index in [1.807, 2.05) is 0 Å². The van der Waals surface area contributed by atoms with E-state index in [0.717, 1.165) is 30.7 Å². The maximum absolute atomic E-state index is 10.2. The Kier molecular flexibility index (Phi) is 5.88. The first-order chi connectivity index (χ1) is 9.52. The summed E-state index contributed by atoms with van der Waals surface area (Å²) in [6, 6.07) is 1.02. The highest BCUT2D eigenvalue weighted by Crippen LogP contribution is 2.35. The Morgan fingerprint density at radius 2 is 1.85 bits per heavy atom. The molecular formula is C17H34N2O. The first kappa shape index (κ1) is 16.3. The Labute approximate surface area is 125 Å². The van der Waals surface area contributed by atoms with Crippen molar-refractivity contribution in [2.45, 2.75) is 70.6 Å². The van der Waals surface area contributed by atoms with Gasteiger partial charge in [-0.3, -0.25) is 0 Å². The van der Waals surface area contributed by atoms with E-state index in [2.05, 4.69) is 38.2 Å². The number of rotatable bonds is 4. The number of aliphatic hydroxyl groups excluding tert-OH is 1. The molecule has 20 heavy (non-hydrogen) atoms. The highest BCUT2D eigenvalue weighted by atomic mass is 16.3. The van der Waals surface area contributed by atoms with Crippen LogP contribution < -0.4 is 5.32 Å². The molecule has 2 aliphatic rings. The van der Waals surface area contributed by atoms with Gasteiger partial charge in [0.05, 0.1) is 6.10 Å². The molecule has 0 bridgehead atoms. The standard InChI is InChI=1S/C17H34N2O/c1-12-9-13(2)14(15(10-12)18-3)11-19(4)16-7-5-6-8-17(16)20/h12-18,20H,5-11H2,1-4H3. The molecule has 2 saturated carbocycles. The van der Waals surface area contributed by atoms with Crippen molar-refractivity contribution in [2.24, 2.45) is 17.8 Å². The lowest BCUT2D eigenvalue weighted by molar-refractivity contribution is 0.0109. The van der Waals surface area contributed by atoms with Crippen molar-refractivity contribution in [3.8, 4) is 0 Å². The summed E-state index contributed by atoms with van der Waals surface area (Å²) in [6.45, 7) is 5.92. The van der Waals surface area contributed by atoms with Crippen LogP contribution in [0.5, 0.6) is 0 Å². The van der Waals surface area contributed by atoms with Gasteiger partial charge in [0.2, 0.25) is 0 Å². The fourth-order valence-corrected chi connectivity index (χ4v) is 4.62. The summed E-state index contributed by atoms with van der Waals surface area (Å²) >= 11 is 0. The van der Waals surface area contributed by atoms with Crippen LogP contribution in [0.1, 0.15) is 52.4 Å². The summed E-state index contributed by atoms with van der Waals surface area (Å²) in [7, 11) is 4.33. The van der Waals surface area contributed by atoms with Gasteiger partial charge in [-0.25, -0.2) is 0 Å². The highest BCUT2D eigenvalue weighted by molar-refractivity contribution is 4.90. The van der Waals surface area contributed by atoms with Crippen molar-refractivity contribution in [3.05, 3.63) is 0 Å². The average molecular weight is 282 g/mol. The predicted octanol–water partition coefficient (Wildman–Crippen LogP) is 2.49. The van der Waals surface area contributed by atoms with Crippen LogP contribution in [0.25, 0.3) is 0 Å². The third-order valence-electron chi connectivity index (χ3n) is 5.81. The van der Waals surface area contributed by atoms with Gasteiger partial charge in [-0.15, -0.1) is 0 Å². The Morgan fingerprint density at radius 3 is 2.50 bits per heavy atom. The third kappa shape index (κ3) is 3.75. The quantitative estimate of drug-likeness (QED) is 0.831. The Hall–Kier alpha value is -0.120. The molecule has 0 heterocycles. The Balaban J connectivity index is 1.95. The second kappa shape index (κ2) is 7.24. The van der Waals surface area contributed by atoms with Gasteiger partial charge in [0.25, 0.3) is 0 Å². The molecule has 0 aromatic rings. The smallest absolute Gasteiger partial charge is 0.0695 e. The first-order valence-corrected chi connectivity index (χ1v) is 8.58. The van der Waals surface area contributed by atoms with Gasteiger partial charge in [-0.1, -0.05) is 26.7 Å². The fraction of sp³-hybridized carbons (Fsp3) is 1.00. The zero-order valence-electron chi connectivity index (χ0n) is 13.8. The summed E-state index contributed by atoms with van der Waals surface area (Å²) in [5, 5.41) is 13.8. The summed E-state index contributed by atoms with van der Waals surface area (Å²) in [4.78, 5) is 2.45. The van der Waals surface area contributed by atoms with Gasteiger partial charge >= 0.3 is 0 Å². The van der Waals surface area contributed by atoms with Crippen molar-refractivity contribution in [3.63, 3.8) is 0 Å². The van der Waals surface area contributed by atoms with E-state index < -0.39 is 0 Å². The van der Waals surface area contributed by atoms with Crippen molar-refractivity contribution in [1.29, 1.82) is 0 Å². The van der Waals surface area contributed by atoms with E-state index in [-0.39, 0.29) is 6.10 Å². The van der Waals surface area contributed by atoms with E-state index in [0.29, 0.717) is 12.1 Å². The van der Waals surface area contributed by atoms with Crippen LogP contribution in [0.4, 0.5) is 0 Å². The van der Waals surface area contributed by atoms with Gasteiger partial charge in [-0.05, 0) is 57.5 Å². The van der Waals surface area contributed by atoms with Crippen LogP contribution in [-0.4, -0.2) is 48.8 Å². The van der Waals surface area contributed by atoms with Crippen molar-refractivity contribution < 1.29 is 5.11 Å². The number of likely N-dealkylation sites (N-methyl/N-ethyl adjacent to an activating group) is 1. The van der Waals surface area contributed by atoms with Crippen molar-refractivity contribution >= 4 is 0 Å². The van der Waals surface area contributed by atoms with Gasteiger partial charge in [0.15, 0.2) is 0 Å². The predicted molar refractivity (Wildman–Crippen MR) is 84.8 cm³/mol. The van der Waals surface area contributed by atoms with Gasteiger partial charge in [-0.2, -0.15) is 0 Å². The molecule has 2 rings (SSSR count). The zero-order valence-corrected chi connectivity index (χ0v) is 13.8. The largest absolute Gasteiger partial charge is 0.391 e. The number of nitrogens with one attached hydrogen (secondary N) is 1. The van der Waals surface area contributed by atoms with Crippen LogP contribution in [0.2, 0.25) is 0 Å². The van der Waals surface area contributed by atoms with E-state index in [9.17, 15) is 5.11 Å². The second-order valence-electron chi connectivity index (χ2n) is 7.47. The first-order valence-electron chi connectivity index (χ1n) is 8.58. The van der Waals surface area contributed by atoms with Crippen LogP contribution in [0.15, 0.2) is 0 Å². The lowest BCUT2D eigenvalue weighted by Gasteiger charge is -2.44. The SMILES string of the molecule is CNC1CC(C)CC(C)C1CN(C)C1CCCCC1O. The minimum Gasteiger partial charge on any atom is -0.391 e. The summed E-state index contributed by atoms with van der Waals surface area (Å²) in [6.07, 6.45) is 7.16. The lowest BCUT2D eigenvalue weighted by Crippen LogP contribution is -2.51. The molecule has 0 radical (unpaired) electrons. The molecule has 0 aromatic heterocycles. The van der Waals surface area contributed by atoms with Crippen LogP contribution in [0, 0.1) is 17.8 Å². The van der Waals surface area contributed by atoms with Crippen LogP contribution >= 0.6 is 0 Å². The third-order valence-corrected chi connectivity index (χ3v) is 5.81. The molecule has 0 aromatic carbocycles. The molecule has 0 aliphatic heterocycles. The number of aliphatic hydroxyl groups is 1. The number of nitrogens with zero attached hydrogens (tertiary/aromatic N) is 1. The zero-order chi connectivity index (χ0) is 14.7. The Morgan fingerprint density at radius 1 is 1.15 bits per heavy atom. The molecule has 6 unspecified atom stereocenters. The number of hydrogen-bond donors (Lipinski definition) is 2. The topological polar surface area (TPSA) is 35.5 Å². The fourth-order valence-electron chi connectivity index (χ4n) is 4.62. The molecule has 0 saturated heterocycles. The molecule has 2 aliphatic carbocycles. The van der Waals surface area contributed by atoms with E-state index in [4.69, 9.17) is 0 Å². The van der Waals surface area contributed by atoms with Crippen LogP contribution in [0.3, 0.4) is 0 Å². The molecule has 118 valence electrons. The summed E-state index contributed by atoms with van der Waals surface area (Å²) < 4.78 is 0. The van der Waals surface area contributed by atoms with Crippen LogP contribution in [-0.2, 0) is 0 Å². The maximum atomic E-state index is 10.2. The normalized spacial score (nSPS) is 42.9. The molecule has 6 atom stereocenters. The van der Waals surface area contributed by atoms with E-state index >= 15 is 0 Å². The van der Waals surface area contributed by atoms with Gasteiger partial charge in [0, 0.05) is 18.6 Å². The minimum absolute atomic E-state index is 0.111. The number of hydrogen-bond acceptors (Lipinski definition) is 3. The monoisotopic (exact) mass is 282 g/mol. The van der Waals surface area contributed by atoms with Crippen molar-refractivity contribution in [2.75, 3.05) is 20.6 Å². The molecule has 2 fully saturated rings. The van der Waals surface area contributed by atoms with E-state index in [1.165, 1.54) is 32.1 Å². The maximum Gasteiger partial charge on any atom is 0.0695 e. The van der Waals surface area contributed by atoms with Gasteiger partial charge in [0.1, 0.15) is 0 Å². The molecule has 3 nitrogen and oxygen atoms in total.